The number of ether oxygens (including phenoxy) is 1. The van der Waals surface area contributed by atoms with Crippen molar-refractivity contribution in [3.63, 3.8) is 0 Å². The third kappa shape index (κ3) is 3.35. The molecule has 0 atom stereocenters. The Morgan fingerprint density at radius 1 is 1.21 bits per heavy atom. The summed E-state index contributed by atoms with van der Waals surface area (Å²) < 4.78 is 40.1. The quantitative estimate of drug-likeness (QED) is 0.780. The van der Waals surface area contributed by atoms with Crippen LogP contribution < -0.4 is 4.74 Å². The van der Waals surface area contributed by atoms with Gasteiger partial charge in [-0.25, -0.2) is 0 Å². The Morgan fingerprint density at radius 3 is 2.47 bits per heavy atom. The van der Waals surface area contributed by atoms with Crippen LogP contribution in [0.15, 0.2) is 30.3 Å². The van der Waals surface area contributed by atoms with Gasteiger partial charge in [0.05, 0.1) is 4.88 Å². The smallest absolute Gasteiger partial charge is 0.406 e. The molecule has 1 aromatic carbocycles. The minimum atomic E-state index is -4.69. The highest BCUT2D eigenvalue weighted by atomic mass is 32.1. The van der Waals surface area contributed by atoms with Crippen molar-refractivity contribution in [2.75, 3.05) is 0 Å². The Morgan fingerprint density at radius 2 is 1.95 bits per heavy atom. The molecule has 1 aromatic heterocycles. The normalized spacial score (nSPS) is 11.4. The number of thiophene rings is 1. The number of carbonyl (C=O) groups excluding carboxylic acids is 1. The molecule has 0 N–H and O–H groups in total. The molecule has 2 aromatic rings. The molecule has 2 rings (SSSR count). The van der Waals surface area contributed by atoms with Gasteiger partial charge >= 0.3 is 6.36 Å². The topological polar surface area (TPSA) is 26.3 Å². The van der Waals surface area contributed by atoms with Crippen molar-refractivity contribution in [1.82, 2.24) is 0 Å². The molecule has 0 fully saturated rings. The Hall–Kier alpha value is -1.82. The van der Waals surface area contributed by atoms with E-state index >= 15 is 0 Å². The van der Waals surface area contributed by atoms with Crippen LogP contribution in [0.3, 0.4) is 0 Å². The second-order valence-corrected chi connectivity index (χ2v) is 4.96. The number of benzene rings is 1. The Labute approximate surface area is 111 Å². The van der Waals surface area contributed by atoms with E-state index in [1.165, 1.54) is 23.5 Å². The van der Waals surface area contributed by atoms with Gasteiger partial charge in [0.15, 0.2) is 6.29 Å². The molecule has 0 aliphatic rings. The number of aldehydes is 1. The summed E-state index contributed by atoms with van der Waals surface area (Å²) >= 11 is 1.29. The van der Waals surface area contributed by atoms with Gasteiger partial charge in [-0.05, 0) is 48.4 Å². The van der Waals surface area contributed by atoms with E-state index < -0.39 is 6.36 Å². The molecule has 0 aliphatic heterocycles. The molecule has 0 unspecified atom stereocenters. The fraction of sp³-hybridized carbons (Fsp3) is 0.154. The molecular formula is C13H9F3O2S. The number of alkyl halides is 3. The maximum Gasteiger partial charge on any atom is 0.573 e. The van der Waals surface area contributed by atoms with E-state index in [9.17, 15) is 18.0 Å². The lowest BCUT2D eigenvalue weighted by Crippen LogP contribution is -2.17. The number of halogens is 3. The first-order valence-corrected chi connectivity index (χ1v) is 6.12. The fourth-order valence-corrected chi connectivity index (χ4v) is 2.58. The van der Waals surface area contributed by atoms with Crippen molar-refractivity contribution >= 4 is 17.6 Å². The van der Waals surface area contributed by atoms with Crippen LogP contribution in [0.4, 0.5) is 13.2 Å². The molecule has 19 heavy (non-hydrogen) atoms. The highest BCUT2D eigenvalue weighted by Crippen LogP contribution is 2.33. The molecule has 0 amide bonds. The maximum absolute atomic E-state index is 12.1. The van der Waals surface area contributed by atoms with Crippen LogP contribution >= 0.6 is 11.3 Å². The molecule has 1 heterocycles. The summed E-state index contributed by atoms with van der Waals surface area (Å²) in [6, 6.07) is 7.57. The van der Waals surface area contributed by atoms with Crippen LogP contribution in [-0.2, 0) is 0 Å². The van der Waals surface area contributed by atoms with Crippen LogP contribution in [0.25, 0.3) is 10.4 Å². The van der Waals surface area contributed by atoms with E-state index in [1.807, 2.05) is 0 Å². The van der Waals surface area contributed by atoms with Gasteiger partial charge < -0.3 is 4.74 Å². The van der Waals surface area contributed by atoms with E-state index in [2.05, 4.69) is 4.74 Å². The lowest BCUT2D eigenvalue weighted by atomic mass is 10.1. The predicted octanol–water partition coefficient (Wildman–Crippen LogP) is 4.43. The van der Waals surface area contributed by atoms with Crippen molar-refractivity contribution in [1.29, 1.82) is 0 Å². The zero-order valence-electron chi connectivity index (χ0n) is 9.82. The van der Waals surface area contributed by atoms with E-state index in [-0.39, 0.29) is 5.75 Å². The molecule has 0 saturated heterocycles. The largest absolute Gasteiger partial charge is 0.573 e. The van der Waals surface area contributed by atoms with E-state index in [1.54, 1.807) is 25.1 Å². The summed E-state index contributed by atoms with van der Waals surface area (Å²) in [5.74, 6) is -0.249. The average Bonchev–Trinajstić information content (AvgIpc) is 2.75. The van der Waals surface area contributed by atoms with Gasteiger partial charge in [0.1, 0.15) is 5.75 Å². The molecular weight excluding hydrogens is 277 g/mol. The van der Waals surface area contributed by atoms with Gasteiger partial charge in [-0.1, -0.05) is 0 Å². The first kappa shape index (κ1) is 13.6. The van der Waals surface area contributed by atoms with Crippen LogP contribution in [0.5, 0.6) is 5.75 Å². The van der Waals surface area contributed by atoms with Gasteiger partial charge in [0, 0.05) is 4.88 Å². The molecule has 0 radical (unpaired) electrons. The predicted molar refractivity (Wildman–Crippen MR) is 66.6 cm³/mol. The van der Waals surface area contributed by atoms with Gasteiger partial charge in [-0.15, -0.1) is 24.5 Å². The van der Waals surface area contributed by atoms with E-state index in [4.69, 9.17) is 0 Å². The summed E-state index contributed by atoms with van der Waals surface area (Å²) in [7, 11) is 0. The Bertz CT molecular complexity index is 602. The van der Waals surface area contributed by atoms with Crippen molar-refractivity contribution in [3.05, 3.63) is 40.8 Å². The first-order chi connectivity index (χ1) is 8.89. The third-order valence-electron chi connectivity index (χ3n) is 2.44. The minimum Gasteiger partial charge on any atom is -0.406 e. The summed E-state index contributed by atoms with van der Waals surface area (Å²) in [5, 5.41) is 0. The van der Waals surface area contributed by atoms with Crippen LogP contribution in [-0.4, -0.2) is 12.6 Å². The summed E-state index contributed by atoms with van der Waals surface area (Å²) in [6.07, 6.45) is -3.95. The molecule has 0 saturated carbocycles. The molecule has 0 aliphatic carbocycles. The van der Waals surface area contributed by atoms with Gasteiger partial charge in [0.2, 0.25) is 0 Å². The second kappa shape index (κ2) is 5.05. The fourth-order valence-electron chi connectivity index (χ4n) is 1.67. The Kier molecular flexibility index (Phi) is 3.61. The minimum absolute atomic E-state index is 0.249. The highest BCUT2D eigenvalue weighted by molar-refractivity contribution is 7.17. The highest BCUT2D eigenvalue weighted by Gasteiger charge is 2.31. The number of aryl methyl sites for hydroxylation is 1. The number of carbonyl (C=O) groups is 1. The average molecular weight is 286 g/mol. The van der Waals surface area contributed by atoms with Crippen LogP contribution in [0.1, 0.15) is 15.2 Å². The number of rotatable bonds is 3. The zero-order valence-corrected chi connectivity index (χ0v) is 10.6. The first-order valence-electron chi connectivity index (χ1n) is 5.31. The number of hydrogen-bond donors (Lipinski definition) is 0. The summed E-state index contributed by atoms with van der Waals surface area (Å²) in [4.78, 5) is 12.0. The van der Waals surface area contributed by atoms with Crippen molar-refractivity contribution in [3.8, 4) is 16.2 Å². The van der Waals surface area contributed by atoms with Crippen LogP contribution in [0.2, 0.25) is 0 Å². The SMILES string of the molecule is Cc1cc(OC(F)(F)F)ccc1-c1ccc(C=O)s1. The molecule has 6 heteroatoms. The summed E-state index contributed by atoms with van der Waals surface area (Å²) in [6.45, 7) is 1.69. The van der Waals surface area contributed by atoms with Crippen molar-refractivity contribution < 1.29 is 22.7 Å². The zero-order chi connectivity index (χ0) is 14.0. The monoisotopic (exact) mass is 286 g/mol. The molecule has 100 valence electrons. The second-order valence-electron chi connectivity index (χ2n) is 3.84. The van der Waals surface area contributed by atoms with Gasteiger partial charge in [0.25, 0.3) is 0 Å². The van der Waals surface area contributed by atoms with Crippen molar-refractivity contribution in [2.24, 2.45) is 0 Å². The lowest BCUT2D eigenvalue weighted by Gasteiger charge is -2.11. The van der Waals surface area contributed by atoms with Gasteiger partial charge in [-0.3, -0.25) is 4.79 Å². The molecule has 0 spiro atoms. The summed E-state index contributed by atoms with van der Waals surface area (Å²) in [5.41, 5.74) is 1.44. The third-order valence-corrected chi connectivity index (χ3v) is 3.48. The van der Waals surface area contributed by atoms with E-state index in [0.717, 1.165) is 16.7 Å². The molecule has 2 nitrogen and oxygen atoms in total. The van der Waals surface area contributed by atoms with Crippen LogP contribution in [0, 0.1) is 6.92 Å². The lowest BCUT2D eigenvalue weighted by molar-refractivity contribution is -0.274. The molecule has 0 bridgehead atoms. The standard InChI is InChI=1S/C13H9F3O2S/c1-8-6-9(18-13(14,15)16)2-4-11(8)12-5-3-10(7-17)19-12/h2-7H,1H3. The van der Waals surface area contributed by atoms with Crippen molar-refractivity contribution in [2.45, 2.75) is 13.3 Å². The Balaban J connectivity index is 2.31. The number of hydrogen-bond acceptors (Lipinski definition) is 3. The van der Waals surface area contributed by atoms with Gasteiger partial charge in [-0.2, -0.15) is 0 Å². The van der Waals surface area contributed by atoms with E-state index in [0.29, 0.717) is 10.4 Å². The maximum atomic E-state index is 12.1.